The lowest BCUT2D eigenvalue weighted by Crippen LogP contribution is -2.23. The van der Waals surface area contributed by atoms with Crippen molar-refractivity contribution < 1.29 is 19.4 Å². The van der Waals surface area contributed by atoms with Crippen molar-refractivity contribution in [2.24, 2.45) is 5.92 Å². The predicted molar refractivity (Wildman–Crippen MR) is 158 cm³/mol. The van der Waals surface area contributed by atoms with Crippen molar-refractivity contribution in [3.8, 4) is 21.9 Å². The van der Waals surface area contributed by atoms with E-state index in [1.807, 2.05) is 42.5 Å². The Morgan fingerprint density at radius 1 is 1.16 bits per heavy atom. The number of nitrogens with zero attached hydrogens (tertiary/aromatic N) is 1. The van der Waals surface area contributed by atoms with Gasteiger partial charge >= 0.3 is 0 Å². The molecule has 0 saturated carbocycles. The fourth-order valence-electron chi connectivity index (χ4n) is 4.31. The second-order valence-electron chi connectivity index (χ2n) is 9.38. The minimum Gasteiger partial charge on any atom is -0.493 e. The van der Waals surface area contributed by atoms with Crippen molar-refractivity contribution in [2.75, 3.05) is 30.1 Å². The molecular formula is C29H34ClNO4S2. The zero-order valence-corrected chi connectivity index (χ0v) is 24.1. The van der Waals surface area contributed by atoms with Crippen molar-refractivity contribution in [1.29, 1.82) is 0 Å². The number of thiophene rings is 1. The first-order chi connectivity index (χ1) is 17.8. The summed E-state index contributed by atoms with van der Waals surface area (Å²) in [6.07, 6.45) is 1.61. The number of hydrogen-bond donors (Lipinski definition) is 1. The van der Waals surface area contributed by atoms with Gasteiger partial charge < -0.3 is 19.5 Å². The Morgan fingerprint density at radius 2 is 1.92 bits per heavy atom. The number of aliphatic hydroxyl groups is 1. The van der Waals surface area contributed by atoms with Crippen molar-refractivity contribution in [2.45, 2.75) is 40.2 Å². The lowest BCUT2D eigenvalue weighted by molar-refractivity contribution is 0.1000. The number of rotatable bonds is 11. The second kappa shape index (κ2) is 12.5. The standard InChI is InChI=1S/C29H34ClNO4S2/c1-5-37(27(32)15-19(2)3)14-6-13-35-24-12-11-23(17-25(24)34-4)31-18-21-16-26(36-28(21)29(31)33)20-7-9-22(30)10-8-20/h7-12,16-17,19,32H,5-6,13-15,18H2,1-4H3. The molecule has 0 fully saturated rings. The normalized spacial score (nSPS) is 14.2. The van der Waals surface area contributed by atoms with Crippen LogP contribution < -0.4 is 14.4 Å². The molecule has 2 heterocycles. The van der Waals surface area contributed by atoms with E-state index < -0.39 is 0 Å². The van der Waals surface area contributed by atoms with Gasteiger partial charge in [0.1, 0.15) is 0 Å². The van der Waals surface area contributed by atoms with Gasteiger partial charge in [0.05, 0.1) is 30.2 Å². The van der Waals surface area contributed by atoms with Crippen LogP contribution >= 0.6 is 33.4 Å². The molecule has 0 bridgehead atoms. The molecular weight excluding hydrogens is 526 g/mol. The summed E-state index contributed by atoms with van der Waals surface area (Å²) in [5.74, 6) is 3.58. The maximum absolute atomic E-state index is 13.2. The van der Waals surface area contributed by atoms with Gasteiger partial charge in [-0.3, -0.25) is 4.79 Å². The smallest absolute Gasteiger partial charge is 0.269 e. The Balaban J connectivity index is 1.39. The highest BCUT2D eigenvalue weighted by Crippen LogP contribution is 2.40. The largest absolute Gasteiger partial charge is 0.493 e. The molecule has 0 spiro atoms. The summed E-state index contributed by atoms with van der Waals surface area (Å²) >= 11 is 7.53. The molecule has 3 aromatic rings. The van der Waals surface area contributed by atoms with E-state index in [-0.39, 0.29) is 16.4 Å². The van der Waals surface area contributed by atoms with Crippen LogP contribution in [0.1, 0.15) is 48.8 Å². The number of methoxy groups -OCH3 is 1. The van der Waals surface area contributed by atoms with Crippen LogP contribution in [0.25, 0.3) is 10.4 Å². The lowest BCUT2D eigenvalue weighted by atomic mass is 10.1. The van der Waals surface area contributed by atoms with E-state index in [0.717, 1.165) is 50.9 Å². The number of halogens is 1. The minimum atomic E-state index is -0.0900. The molecule has 37 heavy (non-hydrogen) atoms. The van der Waals surface area contributed by atoms with E-state index in [4.69, 9.17) is 21.1 Å². The monoisotopic (exact) mass is 559 g/mol. The van der Waals surface area contributed by atoms with Gasteiger partial charge in [0.25, 0.3) is 5.91 Å². The van der Waals surface area contributed by atoms with Crippen molar-refractivity contribution in [3.63, 3.8) is 0 Å². The molecule has 1 amide bonds. The number of aliphatic hydroxyl groups excluding tert-OH is 1. The maximum atomic E-state index is 13.2. The van der Waals surface area contributed by atoms with E-state index >= 15 is 0 Å². The van der Waals surface area contributed by atoms with Gasteiger partial charge in [0, 0.05) is 28.1 Å². The molecule has 5 nitrogen and oxygen atoms in total. The van der Waals surface area contributed by atoms with Crippen molar-refractivity contribution in [3.05, 3.63) is 64.0 Å². The van der Waals surface area contributed by atoms with Crippen molar-refractivity contribution >= 4 is 50.1 Å². The maximum Gasteiger partial charge on any atom is 0.269 e. The van der Waals surface area contributed by atoms with Gasteiger partial charge in [-0.1, -0.05) is 44.5 Å². The summed E-state index contributed by atoms with van der Waals surface area (Å²) in [5.41, 5.74) is 2.87. The molecule has 1 aliphatic rings. The highest BCUT2D eigenvalue weighted by molar-refractivity contribution is 8.15. The SMILES string of the molecule is CCS(CCCOc1ccc(N2Cc3cc(-c4ccc(Cl)cc4)sc3C2=O)cc1OC)=C(O)CC(C)C. The molecule has 1 unspecified atom stereocenters. The van der Waals surface area contributed by atoms with Gasteiger partial charge in [0.2, 0.25) is 0 Å². The van der Waals surface area contributed by atoms with E-state index in [0.29, 0.717) is 40.6 Å². The Morgan fingerprint density at radius 3 is 2.57 bits per heavy atom. The van der Waals surface area contributed by atoms with Gasteiger partial charge in [-0.2, -0.15) is 10.5 Å². The lowest BCUT2D eigenvalue weighted by Gasteiger charge is -2.19. The van der Waals surface area contributed by atoms with Gasteiger partial charge in [0.15, 0.2) is 11.5 Å². The van der Waals surface area contributed by atoms with Gasteiger partial charge in [-0.05, 0) is 65.3 Å². The number of anilines is 1. The minimum absolute atomic E-state index is 0.00000979. The Hall–Kier alpha value is -2.32. The first kappa shape index (κ1) is 27.7. The van der Waals surface area contributed by atoms with Crippen LogP contribution in [0.2, 0.25) is 5.02 Å². The zero-order valence-electron chi connectivity index (χ0n) is 21.8. The Kier molecular flexibility index (Phi) is 9.35. The summed E-state index contributed by atoms with van der Waals surface area (Å²) < 4.78 is 11.6. The molecule has 0 radical (unpaired) electrons. The van der Waals surface area contributed by atoms with Crippen LogP contribution in [0.5, 0.6) is 11.5 Å². The number of carbonyl (C=O) groups excluding carboxylic acids is 1. The topological polar surface area (TPSA) is 59.0 Å². The number of ether oxygens (including phenoxy) is 2. The number of amides is 1. The Labute approximate surface area is 230 Å². The average molecular weight is 560 g/mol. The molecule has 0 saturated heterocycles. The van der Waals surface area contributed by atoms with Crippen LogP contribution in [0.15, 0.2) is 48.5 Å². The summed E-state index contributed by atoms with van der Waals surface area (Å²) in [5, 5.41) is 11.7. The average Bonchev–Trinajstić information content (AvgIpc) is 3.43. The Bertz CT molecular complexity index is 1280. The predicted octanol–water partition coefficient (Wildman–Crippen LogP) is 8.03. The van der Waals surface area contributed by atoms with E-state index in [1.54, 1.807) is 12.0 Å². The summed E-state index contributed by atoms with van der Waals surface area (Å²) in [4.78, 5) is 16.8. The molecule has 1 aliphatic heterocycles. The highest BCUT2D eigenvalue weighted by atomic mass is 35.5. The molecule has 1 atom stereocenters. The number of benzene rings is 2. The molecule has 1 N–H and O–H groups in total. The van der Waals surface area contributed by atoms with E-state index in [2.05, 4.69) is 26.8 Å². The third-order valence-electron chi connectivity index (χ3n) is 6.22. The quantitative estimate of drug-likeness (QED) is 0.191. The first-order valence-electron chi connectivity index (χ1n) is 12.5. The molecule has 4 rings (SSSR count). The second-order valence-corrected chi connectivity index (χ2v) is 13.3. The van der Waals surface area contributed by atoms with Crippen LogP contribution in [-0.4, -0.2) is 41.3 Å². The summed E-state index contributed by atoms with van der Waals surface area (Å²) in [6, 6.07) is 15.4. The fourth-order valence-corrected chi connectivity index (χ4v) is 7.46. The van der Waals surface area contributed by atoms with Crippen LogP contribution in [-0.2, 0) is 6.54 Å². The summed E-state index contributed by atoms with van der Waals surface area (Å²) in [7, 11) is 1.52. The third kappa shape index (κ3) is 6.58. The van der Waals surface area contributed by atoms with Gasteiger partial charge in [-0.15, -0.1) is 11.3 Å². The first-order valence-corrected chi connectivity index (χ1v) is 15.3. The van der Waals surface area contributed by atoms with E-state index in [9.17, 15) is 9.90 Å². The van der Waals surface area contributed by atoms with Crippen LogP contribution in [0.3, 0.4) is 0 Å². The number of fused-ring (bicyclic) bond motifs is 1. The van der Waals surface area contributed by atoms with Crippen LogP contribution in [0.4, 0.5) is 5.69 Å². The van der Waals surface area contributed by atoms with E-state index in [1.165, 1.54) is 11.3 Å². The molecule has 0 aliphatic carbocycles. The zero-order chi connectivity index (χ0) is 26.5. The molecule has 1 aromatic heterocycles. The molecule has 198 valence electrons. The number of hydrogen-bond acceptors (Lipinski definition) is 4. The summed E-state index contributed by atoms with van der Waals surface area (Å²) in [6.45, 7) is 7.44. The fraction of sp³-hybridized carbons (Fsp3) is 0.379. The van der Waals surface area contributed by atoms with Gasteiger partial charge in [-0.25, -0.2) is 0 Å². The highest BCUT2D eigenvalue weighted by Gasteiger charge is 2.32. The third-order valence-corrected chi connectivity index (χ3v) is 10.00. The number of carbonyl (C=O) groups is 1. The van der Waals surface area contributed by atoms with Crippen LogP contribution in [0, 0.1) is 5.92 Å². The van der Waals surface area contributed by atoms with Crippen molar-refractivity contribution in [1.82, 2.24) is 0 Å². The molecule has 8 heteroatoms. The molecule has 2 aromatic carbocycles.